The number of amides is 1. The maximum atomic E-state index is 12.0. The van der Waals surface area contributed by atoms with E-state index in [0.717, 1.165) is 13.0 Å². The molecular formula is C17H21ClN2O. The topological polar surface area (TPSA) is 41.1 Å². The highest BCUT2D eigenvalue weighted by atomic mass is 35.5. The van der Waals surface area contributed by atoms with Gasteiger partial charge in [-0.3, -0.25) is 4.79 Å². The van der Waals surface area contributed by atoms with Gasteiger partial charge < -0.3 is 10.6 Å². The van der Waals surface area contributed by atoms with Crippen molar-refractivity contribution in [1.29, 1.82) is 0 Å². The van der Waals surface area contributed by atoms with E-state index in [0.29, 0.717) is 19.0 Å². The second-order valence-electron chi connectivity index (χ2n) is 5.41. The molecule has 2 N–H and O–H groups in total. The molecule has 4 heteroatoms. The number of benzene rings is 2. The Morgan fingerprint density at radius 1 is 1.19 bits per heavy atom. The molecule has 1 fully saturated rings. The normalized spacial score (nSPS) is 17.4. The van der Waals surface area contributed by atoms with Crippen molar-refractivity contribution >= 4 is 29.1 Å². The summed E-state index contributed by atoms with van der Waals surface area (Å²) in [4.78, 5) is 12.0. The van der Waals surface area contributed by atoms with Crippen LogP contribution >= 0.6 is 12.4 Å². The fourth-order valence-electron chi connectivity index (χ4n) is 2.87. The fraction of sp³-hybridized carbons (Fsp3) is 0.353. The van der Waals surface area contributed by atoms with Gasteiger partial charge in [0.15, 0.2) is 0 Å². The molecule has 1 aliphatic rings. The third-order valence-electron chi connectivity index (χ3n) is 3.95. The average Bonchev–Trinajstić information content (AvgIpc) is 2.98. The first-order valence-electron chi connectivity index (χ1n) is 7.29. The van der Waals surface area contributed by atoms with Crippen molar-refractivity contribution in [2.75, 3.05) is 6.54 Å². The molecule has 1 aliphatic heterocycles. The van der Waals surface area contributed by atoms with Gasteiger partial charge in [-0.05, 0) is 35.7 Å². The van der Waals surface area contributed by atoms with Crippen molar-refractivity contribution in [1.82, 2.24) is 10.6 Å². The number of fused-ring (bicyclic) bond motifs is 1. The molecule has 1 heterocycles. The van der Waals surface area contributed by atoms with Crippen molar-refractivity contribution in [3.8, 4) is 0 Å². The van der Waals surface area contributed by atoms with Crippen molar-refractivity contribution in [3.05, 3.63) is 48.0 Å². The number of nitrogens with one attached hydrogen (secondary N) is 2. The maximum Gasteiger partial charge on any atom is 0.221 e. The minimum atomic E-state index is 0. The number of carbonyl (C=O) groups is 1. The van der Waals surface area contributed by atoms with Gasteiger partial charge in [-0.1, -0.05) is 42.5 Å². The second kappa shape index (κ2) is 7.43. The standard InChI is InChI=1S/C17H20N2O.ClH/c20-17(11-15-8-4-10-18-15)19-12-14-7-3-6-13-5-1-2-9-16(13)14;/h1-3,5-7,9,15,18H,4,8,10-12H2,(H,19,20);1H. The van der Waals surface area contributed by atoms with Crippen LogP contribution < -0.4 is 10.6 Å². The molecular weight excluding hydrogens is 284 g/mol. The number of hydrogen-bond donors (Lipinski definition) is 2. The second-order valence-corrected chi connectivity index (χ2v) is 5.41. The summed E-state index contributed by atoms with van der Waals surface area (Å²) in [5, 5.41) is 8.83. The molecule has 112 valence electrons. The quantitative estimate of drug-likeness (QED) is 0.911. The van der Waals surface area contributed by atoms with Gasteiger partial charge in [0.1, 0.15) is 0 Å². The lowest BCUT2D eigenvalue weighted by atomic mass is 10.0. The molecule has 1 atom stereocenters. The van der Waals surface area contributed by atoms with E-state index in [9.17, 15) is 4.79 Å². The number of halogens is 1. The Labute approximate surface area is 131 Å². The van der Waals surface area contributed by atoms with E-state index in [-0.39, 0.29) is 18.3 Å². The lowest BCUT2D eigenvalue weighted by molar-refractivity contribution is -0.121. The molecule has 0 aromatic heterocycles. The van der Waals surface area contributed by atoms with Crippen LogP contribution in [0.25, 0.3) is 10.8 Å². The van der Waals surface area contributed by atoms with Crippen molar-refractivity contribution in [3.63, 3.8) is 0 Å². The highest BCUT2D eigenvalue weighted by Gasteiger charge is 2.17. The summed E-state index contributed by atoms with van der Waals surface area (Å²) in [6.45, 7) is 1.65. The van der Waals surface area contributed by atoms with Crippen molar-refractivity contribution in [2.24, 2.45) is 0 Å². The monoisotopic (exact) mass is 304 g/mol. The number of rotatable bonds is 4. The van der Waals surface area contributed by atoms with Gasteiger partial charge in [0.05, 0.1) is 0 Å². The van der Waals surface area contributed by atoms with Crippen LogP contribution in [0, 0.1) is 0 Å². The largest absolute Gasteiger partial charge is 0.352 e. The van der Waals surface area contributed by atoms with Crippen LogP contribution in [-0.2, 0) is 11.3 Å². The molecule has 1 unspecified atom stereocenters. The molecule has 3 nitrogen and oxygen atoms in total. The lowest BCUT2D eigenvalue weighted by Crippen LogP contribution is -2.31. The SMILES string of the molecule is Cl.O=C(CC1CCCN1)NCc1cccc2ccccc12. The summed E-state index contributed by atoms with van der Waals surface area (Å²) >= 11 is 0. The smallest absolute Gasteiger partial charge is 0.221 e. The van der Waals surface area contributed by atoms with E-state index >= 15 is 0 Å². The van der Waals surface area contributed by atoms with Gasteiger partial charge in [0, 0.05) is 19.0 Å². The average molecular weight is 305 g/mol. The summed E-state index contributed by atoms with van der Waals surface area (Å²) in [7, 11) is 0. The van der Waals surface area contributed by atoms with E-state index in [1.165, 1.54) is 22.8 Å². The van der Waals surface area contributed by atoms with Gasteiger partial charge in [0.2, 0.25) is 5.91 Å². The minimum absolute atomic E-state index is 0. The van der Waals surface area contributed by atoms with Gasteiger partial charge in [-0.2, -0.15) is 0 Å². The Morgan fingerprint density at radius 2 is 2.00 bits per heavy atom. The molecule has 21 heavy (non-hydrogen) atoms. The molecule has 0 radical (unpaired) electrons. The van der Waals surface area contributed by atoms with Crippen LogP contribution in [-0.4, -0.2) is 18.5 Å². The third kappa shape index (κ3) is 3.96. The molecule has 0 spiro atoms. The summed E-state index contributed by atoms with van der Waals surface area (Å²) in [6, 6.07) is 14.9. The third-order valence-corrected chi connectivity index (χ3v) is 3.95. The Kier molecular flexibility index (Phi) is 5.59. The zero-order chi connectivity index (χ0) is 13.8. The van der Waals surface area contributed by atoms with Crippen LogP contribution in [0.5, 0.6) is 0 Å². The van der Waals surface area contributed by atoms with Crippen molar-refractivity contribution < 1.29 is 4.79 Å². The van der Waals surface area contributed by atoms with Gasteiger partial charge in [-0.15, -0.1) is 12.4 Å². The first kappa shape index (κ1) is 15.8. The Balaban J connectivity index is 0.00000161. The molecule has 2 aromatic rings. The summed E-state index contributed by atoms with van der Waals surface area (Å²) in [5.41, 5.74) is 1.18. The molecule has 2 aromatic carbocycles. The minimum Gasteiger partial charge on any atom is -0.352 e. The molecule has 0 bridgehead atoms. The van der Waals surface area contributed by atoms with E-state index in [2.05, 4.69) is 34.9 Å². The number of hydrogen-bond acceptors (Lipinski definition) is 2. The van der Waals surface area contributed by atoms with E-state index in [4.69, 9.17) is 0 Å². The number of carbonyl (C=O) groups excluding carboxylic acids is 1. The Bertz CT molecular complexity index is 603. The van der Waals surface area contributed by atoms with E-state index in [1.54, 1.807) is 0 Å². The predicted molar refractivity (Wildman–Crippen MR) is 88.7 cm³/mol. The van der Waals surface area contributed by atoms with Gasteiger partial charge in [0.25, 0.3) is 0 Å². The van der Waals surface area contributed by atoms with Crippen molar-refractivity contribution in [2.45, 2.75) is 31.8 Å². The van der Waals surface area contributed by atoms with E-state index in [1.807, 2.05) is 18.2 Å². The Morgan fingerprint density at radius 3 is 2.81 bits per heavy atom. The molecule has 0 aliphatic carbocycles. The summed E-state index contributed by atoms with van der Waals surface area (Å²) in [5.74, 6) is 0.136. The fourth-order valence-corrected chi connectivity index (χ4v) is 2.87. The molecule has 1 amide bonds. The zero-order valence-electron chi connectivity index (χ0n) is 12.0. The molecule has 1 saturated heterocycles. The van der Waals surface area contributed by atoms with Crippen LogP contribution in [0.2, 0.25) is 0 Å². The van der Waals surface area contributed by atoms with Crippen LogP contribution in [0.1, 0.15) is 24.8 Å². The molecule has 0 saturated carbocycles. The first-order valence-corrected chi connectivity index (χ1v) is 7.29. The highest BCUT2D eigenvalue weighted by Crippen LogP contribution is 2.18. The van der Waals surface area contributed by atoms with E-state index < -0.39 is 0 Å². The Hall–Kier alpha value is -1.58. The zero-order valence-corrected chi connectivity index (χ0v) is 12.8. The van der Waals surface area contributed by atoms with Gasteiger partial charge in [-0.25, -0.2) is 0 Å². The lowest BCUT2D eigenvalue weighted by Gasteiger charge is -2.11. The summed E-state index contributed by atoms with van der Waals surface area (Å²) in [6.07, 6.45) is 2.88. The van der Waals surface area contributed by atoms with Gasteiger partial charge >= 0.3 is 0 Å². The summed E-state index contributed by atoms with van der Waals surface area (Å²) < 4.78 is 0. The first-order chi connectivity index (χ1) is 9.83. The highest BCUT2D eigenvalue weighted by molar-refractivity contribution is 5.86. The predicted octanol–water partition coefficient (Wildman–Crippen LogP) is 3.02. The van der Waals surface area contributed by atoms with Crippen LogP contribution in [0.3, 0.4) is 0 Å². The molecule has 3 rings (SSSR count). The van der Waals surface area contributed by atoms with Crippen LogP contribution in [0.15, 0.2) is 42.5 Å². The van der Waals surface area contributed by atoms with Crippen LogP contribution in [0.4, 0.5) is 0 Å². The maximum absolute atomic E-state index is 12.0.